The average molecular weight is 578 g/mol. The Hall–Kier alpha value is -3.64. The molecule has 1 N–H and O–H groups in total. The Balaban J connectivity index is 1.24. The second kappa shape index (κ2) is 9.23. The Morgan fingerprint density at radius 1 is 1.03 bits per heavy atom. The highest BCUT2D eigenvalue weighted by Gasteiger charge is 2.54. The van der Waals surface area contributed by atoms with Gasteiger partial charge in [0, 0.05) is 36.5 Å². The predicted octanol–water partition coefficient (Wildman–Crippen LogP) is 4.74. The third-order valence-corrected chi connectivity index (χ3v) is 8.19. The molecule has 1 amide bonds. The number of anilines is 1. The summed E-state index contributed by atoms with van der Waals surface area (Å²) < 4.78 is 70.3. The zero-order valence-corrected chi connectivity index (χ0v) is 21.9. The quantitative estimate of drug-likeness (QED) is 0.429. The van der Waals surface area contributed by atoms with Crippen LogP contribution in [0.4, 0.5) is 14.6 Å². The zero-order valence-electron chi connectivity index (χ0n) is 20.3. The molecule has 3 aromatic rings. The number of rotatable bonds is 7. The summed E-state index contributed by atoms with van der Waals surface area (Å²) in [5.41, 5.74) is -0.584. The van der Waals surface area contributed by atoms with E-state index in [0.29, 0.717) is 22.0 Å². The van der Waals surface area contributed by atoms with Crippen LogP contribution in [0.1, 0.15) is 25.7 Å². The van der Waals surface area contributed by atoms with E-state index < -0.39 is 27.8 Å². The summed E-state index contributed by atoms with van der Waals surface area (Å²) in [5, 5.41) is 0.0319. The molecule has 0 bridgehead atoms. The molecule has 204 valence electrons. The van der Waals surface area contributed by atoms with Crippen molar-refractivity contribution < 1.29 is 36.2 Å². The van der Waals surface area contributed by atoms with Gasteiger partial charge in [0.05, 0.1) is 0 Å². The van der Waals surface area contributed by atoms with Gasteiger partial charge in [-0.3, -0.25) is 4.79 Å². The van der Waals surface area contributed by atoms with Gasteiger partial charge in [0.1, 0.15) is 11.6 Å². The van der Waals surface area contributed by atoms with Crippen LogP contribution in [-0.4, -0.2) is 44.3 Å². The van der Waals surface area contributed by atoms with Crippen molar-refractivity contribution in [1.29, 1.82) is 0 Å². The lowest BCUT2D eigenvalue weighted by Crippen LogP contribution is -2.43. The minimum Gasteiger partial charge on any atom is -0.477 e. The van der Waals surface area contributed by atoms with Gasteiger partial charge in [-0.05, 0) is 60.9 Å². The first-order valence-corrected chi connectivity index (χ1v) is 14.1. The van der Waals surface area contributed by atoms with Gasteiger partial charge in [-0.2, -0.15) is 8.42 Å². The van der Waals surface area contributed by atoms with Crippen LogP contribution in [-0.2, 0) is 14.8 Å². The van der Waals surface area contributed by atoms with Gasteiger partial charge >= 0.3 is 6.29 Å². The van der Waals surface area contributed by atoms with Crippen molar-refractivity contribution in [3.05, 3.63) is 59.6 Å². The summed E-state index contributed by atoms with van der Waals surface area (Å²) >= 11 is 6.19. The van der Waals surface area contributed by atoms with Crippen molar-refractivity contribution in [2.75, 3.05) is 18.0 Å². The van der Waals surface area contributed by atoms with E-state index in [-0.39, 0.29) is 35.1 Å². The van der Waals surface area contributed by atoms with Gasteiger partial charge in [-0.15, -0.1) is 8.78 Å². The molecule has 1 saturated carbocycles. The predicted molar refractivity (Wildman–Crippen MR) is 137 cm³/mol. The van der Waals surface area contributed by atoms with Crippen LogP contribution in [0.5, 0.6) is 17.2 Å². The van der Waals surface area contributed by atoms with Crippen LogP contribution in [0.3, 0.4) is 0 Å². The van der Waals surface area contributed by atoms with Crippen molar-refractivity contribution >= 4 is 33.3 Å². The van der Waals surface area contributed by atoms with Crippen molar-refractivity contribution in [3.8, 4) is 28.4 Å². The van der Waals surface area contributed by atoms with Crippen LogP contribution < -0.4 is 23.8 Å². The van der Waals surface area contributed by atoms with Gasteiger partial charge in [-0.25, -0.2) is 9.71 Å². The number of hydrogen-bond donors (Lipinski definition) is 1. The normalized spacial score (nSPS) is 18.6. The van der Waals surface area contributed by atoms with Crippen LogP contribution in [0, 0.1) is 0 Å². The van der Waals surface area contributed by atoms with E-state index in [1.165, 1.54) is 30.3 Å². The Bertz CT molecular complexity index is 1580. The highest BCUT2D eigenvalue weighted by molar-refractivity contribution is 7.90. The summed E-state index contributed by atoms with van der Waals surface area (Å²) in [4.78, 5) is 19.5. The molecule has 3 heterocycles. The number of pyridine rings is 1. The number of carbonyl (C=O) groups is 1. The Morgan fingerprint density at radius 2 is 1.77 bits per heavy atom. The van der Waals surface area contributed by atoms with E-state index in [4.69, 9.17) is 16.3 Å². The number of hydrogen-bond acceptors (Lipinski definition) is 8. The maximum Gasteiger partial charge on any atom is 0.586 e. The second-order valence-corrected chi connectivity index (χ2v) is 11.6. The number of aromatic nitrogens is 1. The zero-order chi connectivity index (χ0) is 27.4. The molecular weight excluding hydrogens is 556 g/mol. The minimum absolute atomic E-state index is 0.120. The summed E-state index contributed by atoms with van der Waals surface area (Å²) in [6.07, 6.45) is -1.26. The number of ether oxygens (including phenoxy) is 3. The summed E-state index contributed by atoms with van der Waals surface area (Å²) in [7, 11) is -4.28. The van der Waals surface area contributed by atoms with Crippen molar-refractivity contribution in [3.63, 3.8) is 0 Å². The molecule has 2 fully saturated rings. The lowest BCUT2D eigenvalue weighted by Gasteiger charge is -2.21. The van der Waals surface area contributed by atoms with Crippen molar-refractivity contribution in [2.45, 2.75) is 42.6 Å². The number of benzene rings is 2. The fraction of sp³-hybridized carbons (Fsp3) is 0.308. The molecule has 2 aromatic carbocycles. The molecule has 1 aromatic heterocycles. The first kappa shape index (κ1) is 25.6. The lowest BCUT2D eigenvalue weighted by molar-refractivity contribution is -0.286. The van der Waals surface area contributed by atoms with E-state index in [1.54, 1.807) is 24.3 Å². The molecular formula is C26H22ClF2N3O6S. The Kier molecular flexibility index (Phi) is 6.07. The lowest BCUT2D eigenvalue weighted by atomic mass is 10.0. The monoisotopic (exact) mass is 577 g/mol. The average Bonchev–Trinajstić information content (AvgIpc) is 3.32. The molecule has 0 unspecified atom stereocenters. The number of amides is 1. The fourth-order valence-corrected chi connectivity index (χ4v) is 5.75. The Labute approximate surface area is 227 Å². The molecule has 39 heavy (non-hydrogen) atoms. The van der Waals surface area contributed by atoms with Crippen molar-refractivity contribution in [1.82, 2.24) is 9.71 Å². The number of alkyl halides is 2. The molecule has 6 rings (SSSR count). The van der Waals surface area contributed by atoms with Gasteiger partial charge in [0.15, 0.2) is 22.1 Å². The molecule has 0 spiro atoms. The maximum atomic E-state index is 13.5. The van der Waals surface area contributed by atoms with Crippen molar-refractivity contribution in [2.24, 2.45) is 0 Å². The highest BCUT2D eigenvalue weighted by atomic mass is 35.5. The first-order chi connectivity index (χ1) is 18.5. The molecule has 1 aliphatic carbocycles. The topological polar surface area (TPSA) is 107 Å². The third-order valence-electron chi connectivity index (χ3n) is 6.72. The van der Waals surface area contributed by atoms with Gasteiger partial charge in [-0.1, -0.05) is 23.7 Å². The second-order valence-electron chi connectivity index (χ2n) is 9.53. The third kappa shape index (κ3) is 5.06. The van der Waals surface area contributed by atoms with Gasteiger partial charge in [0.25, 0.3) is 15.9 Å². The van der Waals surface area contributed by atoms with E-state index in [0.717, 1.165) is 25.9 Å². The maximum absolute atomic E-state index is 13.5. The molecule has 1 saturated heterocycles. The van der Waals surface area contributed by atoms with Gasteiger partial charge < -0.3 is 19.1 Å². The molecule has 3 aliphatic rings. The van der Waals surface area contributed by atoms with Crippen LogP contribution in [0.15, 0.2) is 59.6 Å². The van der Waals surface area contributed by atoms with Gasteiger partial charge in [0.2, 0.25) is 0 Å². The molecule has 2 aliphatic heterocycles. The standard InChI is InChI=1S/C26H22ClF2N3O6S/c27-17-7-8-18(16-6-9-19-21(14-16)38-26(28,29)37-19)20(15-17)36-25(10-11-25)24(33)31-39(34,35)23-5-3-4-22(30-23)32-12-1-2-13-32/h3-9,14-15H,1-2,10-13H2,(H,31,33). The minimum atomic E-state index is -4.28. The summed E-state index contributed by atoms with van der Waals surface area (Å²) in [5.74, 6) is -0.414. The largest absolute Gasteiger partial charge is 0.586 e. The number of halogens is 3. The Morgan fingerprint density at radius 3 is 2.51 bits per heavy atom. The fourth-order valence-electron chi connectivity index (χ4n) is 4.58. The molecule has 0 atom stereocenters. The smallest absolute Gasteiger partial charge is 0.477 e. The molecule has 0 radical (unpaired) electrons. The van der Waals surface area contributed by atoms with E-state index in [2.05, 4.69) is 19.2 Å². The SMILES string of the molecule is O=C(NS(=O)(=O)c1cccc(N2CCCC2)n1)C1(Oc2cc(Cl)ccc2-c2ccc3c(c2)OC(F)(F)O3)CC1. The number of sulfonamides is 1. The van der Waals surface area contributed by atoms with E-state index in [9.17, 15) is 22.0 Å². The van der Waals surface area contributed by atoms with Crippen LogP contribution in [0.2, 0.25) is 5.02 Å². The highest BCUT2D eigenvalue weighted by Crippen LogP contribution is 2.47. The number of carbonyl (C=O) groups excluding carboxylic acids is 1. The summed E-state index contributed by atoms with van der Waals surface area (Å²) in [6, 6.07) is 13.5. The molecule has 13 heteroatoms. The number of nitrogens with zero attached hydrogens (tertiary/aromatic N) is 2. The summed E-state index contributed by atoms with van der Waals surface area (Å²) in [6.45, 7) is 1.57. The molecule has 9 nitrogen and oxygen atoms in total. The first-order valence-electron chi connectivity index (χ1n) is 12.2. The van der Waals surface area contributed by atoms with Crippen LogP contribution in [0.25, 0.3) is 11.1 Å². The number of fused-ring (bicyclic) bond motifs is 1. The van der Waals surface area contributed by atoms with E-state index in [1.807, 2.05) is 4.90 Å². The number of nitrogens with one attached hydrogen (secondary N) is 1. The van der Waals surface area contributed by atoms with E-state index >= 15 is 0 Å². The van der Waals surface area contributed by atoms with Crippen LogP contribution >= 0.6 is 11.6 Å².